The number of nitrogens with zero attached hydrogens (tertiary/aromatic N) is 2. The van der Waals surface area contributed by atoms with Gasteiger partial charge in [0.15, 0.2) is 0 Å². The summed E-state index contributed by atoms with van der Waals surface area (Å²) in [7, 11) is 0. The molecular weight excluding hydrogens is 392 g/mol. The number of ether oxygens (including phenoxy) is 1. The summed E-state index contributed by atoms with van der Waals surface area (Å²) in [6.07, 6.45) is 1.45. The van der Waals surface area contributed by atoms with Crippen LogP contribution < -0.4 is 15.6 Å². The predicted molar refractivity (Wildman–Crippen MR) is 108 cm³/mol. The minimum atomic E-state index is -2.91. The number of hydrogen-bond donors (Lipinski definition) is 1. The minimum absolute atomic E-state index is 0.00166. The monoisotopic (exact) mass is 407 g/mol. The van der Waals surface area contributed by atoms with Gasteiger partial charge in [0.1, 0.15) is 12.1 Å². The molecule has 6 nitrogen and oxygen atoms in total. The van der Waals surface area contributed by atoms with Crippen LogP contribution in [-0.4, -0.2) is 22.1 Å². The van der Waals surface area contributed by atoms with E-state index >= 15 is 0 Å². The molecule has 4 aromatic rings. The second-order valence-corrected chi connectivity index (χ2v) is 6.34. The van der Waals surface area contributed by atoms with E-state index in [0.717, 1.165) is 0 Å². The van der Waals surface area contributed by atoms with Crippen LogP contribution in [0.4, 0.5) is 14.5 Å². The number of amides is 1. The third kappa shape index (κ3) is 4.02. The molecule has 0 aliphatic carbocycles. The normalized spacial score (nSPS) is 10.9. The largest absolute Gasteiger partial charge is 0.435 e. The Balaban J connectivity index is 1.51. The first-order chi connectivity index (χ1) is 14.5. The summed E-state index contributed by atoms with van der Waals surface area (Å²) in [5, 5.41) is 3.17. The van der Waals surface area contributed by atoms with Crippen LogP contribution in [0.25, 0.3) is 16.6 Å². The van der Waals surface area contributed by atoms with Gasteiger partial charge in [-0.05, 0) is 60.7 Å². The molecule has 0 saturated carbocycles. The molecule has 0 bridgehead atoms. The van der Waals surface area contributed by atoms with Crippen molar-refractivity contribution < 1.29 is 18.3 Å². The Morgan fingerprint density at radius 2 is 1.67 bits per heavy atom. The molecule has 3 aromatic carbocycles. The number of alkyl halides is 2. The highest BCUT2D eigenvalue weighted by molar-refractivity contribution is 6.04. The summed E-state index contributed by atoms with van der Waals surface area (Å²) in [6.45, 7) is -2.91. The van der Waals surface area contributed by atoms with Gasteiger partial charge in [-0.15, -0.1) is 0 Å². The molecule has 0 spiro atoms. The van der Waals surface area contributed by atoms with Crippen molar-refractivity contribution in [1.29, 1.82) is 0 Å². The lowest BCUT2D eigenvalue weighted by Crippen LogP contribution is -2.19. The number of para-hydroxylation sites is 1. The Morgan fingerprint density at radius 1 is 0.967 bits per heavy atom. The first kappa shape index (κ1) is 19.3. The van der Waals surface area contributed by atoms with Crippen LogP contribution >= 0.6 is 0 Å². The topological polar surface area (TPSA) is 73.2 Å². The van der Waals surface area contributed by atoms with Crippen molar-refractivity contribution in [2.24, 2.45) is 0 Å². The molecule has 4 rings (SSSR count). The van der Waals surface area contributed by atoms with E-state index in [4.69, 9.17) is 0 Å². The standard InChI is InChI=1S/C22H15F2N3O3/c23-22(24)30-17-11-7-15(8-12-17)26-20(28)14-5-9-16(10-6-14)27-13-25-19-4-2-1-3-18(19)21(27)29/h1-13,22H,(H,26,28). The van der Waals surface area contributed by atoms with Crippen LogP contribution in [-0.2, 0) is 0 Å². The van der Waals surface area contributed by atoms with Gasteiger partial charge in [0.2, 0.25) is 0 Å². The molecular formula is C22H15F2N3O3. The van der Waals surface area contributed by atoms with Gasteiger partial charge in [-0.1, -0.05) is 12.1 Å². The second kappa shape index (κ2) is 8.12. The van der Waals surface area contributed by atoms with Crippen molar-refractivity contribution >= 4 is 22.5 Å². The fourth-order valence-electron chi connectivity index (χ4n) is 2.95. The molecule has 0 unspecified atom stereocenters. The molecule has 1 amide bonds. The molecule has 0 aliphatic rings. The molecule has 0 aliphatic heterocycles. The second-order valence-electron chi connectivity index (χ2n) is 6.34. The maximum Gasteiger partial charge on any atom is 0.387 e. The van der Waals surface area contributed by atoms with E-state index in [2.05, 4.69) is 15.0 Å². The highest BCUT2D eigenvalue weighted by Gasteiger charge is 2.10. The number of anilines is 1. The van der Waals surface area contributed by atoms with E-state index in [1.807, 2.05) is 6.07 Å². The molecule has 0 atom stereocenters. The molecule has 1 heterocycles. The number of rotatable bonds is 5. The molecule has 0 radical (unpaired) electrons. The van der Waals surface area contributed by atoms with E-state index in [1.54, 1.807) is 42.5 Å². The minimum Gasteiger partial charge on any atom is -0.435 e. The Morgan fingerprint density at radius 3 is 2.37 bits per heavy atom. The average Bonchev–Trinajstić information content (AvgIpc) is 2.75. The number of hydrogen-bond acceptors (Lipinski definition) is 4. The maximum atomic E-state index is 12.7. The van der Waals surface area contributed by atoms with Crippen LogP contribution in [0.5, 0.6) is 5.75 Å². The van der Waals surface area contributed by atoms with Crippen molar-refractivity contribution in [2.45, 2.75) is 6.61 Å². The van der Waals surface area contributed by atoms with Crippen molar-refractivity contribution in [1.82, 2.24) is 9.55 Å². The first-order valence-corrected chi connectivity index (χ1v) is 8.94. The number of fused-ring (bicyclic) bond motifs is 1. The number of carbonyl (C=O) groups excluding carboxylic acids is 1. The smallest absolute Gasteiger partial charge is 0.387 e. The van der Waals surface area contributed by atoms with Gasteiger partial charge < -0.3 is 10.1 Å². The zero-order valence-electron chi connectivity index (χ0n) is 15.5. The number of benzene rings is 3. The first-order valence-electron chi connectivity index (χ1n) is 8.94. The van der Waals surface area contributed by atoms with Crippen LogP contribution in [0.15, 0.2) is 83.9 Å². The number of halogens is 2. The SMILES string of the molecule is O=C(Nc1ccc(OC(F)F)cc1)c1ccc(-n2cnc3ccccc3c2=O)cc1. The van der Waals surface area contributed by atoms with E-state index < -0.39 is 6.61 Å². The molecule has 0 fully saturated rings. The summed E-state index contributed by atoms with van der Waals surface area (Å²) in [6, 6.07) is 19.1. The van der Waals surface area contributed by atoms with Gasteiger partial charge in [-0.2, -0.15) is 8.78 Å². The summed E-state index contributed by atoms with van der Waals surface area (Å²) in [4.78, 5) is 29.4. The summed E-state index contributed by atoms with van der Waals surface area (Å²) >= 11 is 0. The Bertz CT molecular complexity index is 1250. The summed E-state index contributed by atoms with van der Waals surface area (Å²) < 4.78 is 30.1. The molecule has 1 N–H and O–H groups in total. The van der Waals surface area contributed by atoms with Crippen molar-refractivity contribution in [3.05, 3.63) is 95.0 Å². The lowest BCUT2D eigenvalue weighted by Gasteiger charge is -2.09. The van der Waals surface area contributed by atoms with E-state index in [9.17, 15) is 18.4 Å². The number of aromatic nitrogens is 2. The van der Waals surface area contributed by atoms with Gasteiger partial charge in [-0.25, -0.2) is 4.98 Å². The van der Waals surface area contributed by atoms with E-state index in [-0.39, 0.29) is 17.2 Å². The maximum absolute atomic E-state index is 12.7. The quantitative estimate of drug-likeness (QED) is 0.537. The van der Waals surface area contributed by atoms with Crippen molar-refractivity contribution in [3.63, 3.8) is 0 Å². The lowest BCUT2D eigenvalue weighted by atomic mass is 10.1. The van der Waals surface area contributed by atoms with Gasteiger partial charge in [0.25, 0.3) is 11.5 Å². The predicted octanol–water partition coefficient (Wildman–Crippen LogP) is 4.24. The molecule has 150 valence electrons. The molecule has 30 heavy (non-hydrogen) atoms. The Labute approximate surface area is 169 Å². The van der Waals surface area contributed by atoms with Crippen LogP contribution in [0.1, 0.15) is 10.4 Å². The zero-order chi connectivity index (χ0) is 21.1. The molecule has 1 aromatic heterocycles. The fraction of sp³-hybridized carbons (Fsp3) is 0.0455. The van der Waals surface area contributed by atoms with E-state index in [1.165, 1.54) is 35.2 Å². The zero-order valence-corrected chi connectivity index (χ0v) is 15.5. The molecule has 0 saturated heterocycles. The summed E-state index contributed by atoms with van der Waals surface area (Å²) in [5.74, 6) is -0.380. The number of carbonyl (C=O) groups is 1. The highest BCUT2D eigenvalue weighted by atomic mass is 19.3. The molecule has 8 heteroatoms. The average molecular weight is 407 g/mol. The Hall–Kier alpha value is -4.07. The highest BCUT2D eigenvalue weighted by Crippen LogP contribution is 2.19. The van der Waals surface area contributed by atoms with Gasteiger partial charge in [-0.3, -0.25) is 14.2 Å². The fourth-order valence-corrected chi connectivity index (χ4v) is 2.95. The Kier molecular flexibility index (Phi) is 5.21. The van der Waals surface area contributed by atoms with Crippen molar-refractivity contribution in [3.8, 4) is 11.4 Å². The van der Waals surface area contributed by atoms with Gasteiger partial charge in [0.05, 0.1) is 16.6 Å². The summed E-state index contributed by atoms with van der Waals surface area (Å²) in [5.41, 5.74) is 1.78. The van der Waals surface area contributed by atoms with Crippen LogP contribution in [0, 0.1) is 0 Å². The number of nitrogens with one attached hydrogen (secondary N) is 1. The van der Waals surface area contributed by atoms with Crippen LogP contribution in [0.2, 0.25) is 0 Å². The third-order valence-corrected chi connectivity index (χ3v) is 4.41. The van der Waals surface area contributed by atoms with Crippen molar-refractivity contribution in [2.75, 3.05) is 5.32 Å². The van der Waals surface area contributed by atoms with Crippen LogP contribution in [0.3, 0.4) is 0 Å². The van der Waals surface area contributed by atoms with Gasteiger partial charge in [0, 0.05) is 11.3 Å². The lowest BCUT2D eigenvalue weighted by molar-refractivity contribution is -0.0498. The van der Waals surface area contributed by atoms with E-state index in [0.29, 0.717) is 27.8 Å². The third-order valence-electron chi connectivity index (χ3n) is 4.41. The van der Waals surface area contributed by atoms with Gasteiger partial charge >= 0.3 is 6.61 Å².